The van der Waals surface area contributed by atoms with Gasteiger partial charge in [0.2, 0.25) is 0 Å². The summed E-state index contributed by atoms with van der Waals surface area (Å²) in [6.07, 6.45) is 8.44. The number of nitrogens with zero attached hydrogens (tertiary/aromatic N) is 2. The van der Waals surface area contributed by atoms with Crippen LogP contribution in [-0.4, -0.2) is 21.5 Å². The molecular weight excluding hydrogens is 328 g/mol. The van der Waals surface area contributed by atoms with E-state index < -0.39 is 0 Å². The van der Waals surface area contributed by atoms with Crippen molar-refractivity contribution in [3.05, 3.63) is 71.0 Å². The largest absolute Gasteiger partial charge is 0.465 e. The highest BCUT2D eigenvalue weighted by Crippen LogP contribution is 2.32. The number of allylic oxidation sites excluding steroid dienone is 1. The minimum absolute atomic E-state index is 0.249. The van der Waals surface area contributed by atoms with Crippen molar-refractivity contribution in [1.29, 1.82) is 0 Å². The third-order valence-electron chi connectivity index (χ3n) is 2.95. The average Bonchev–Trinajstić information content (AvgIpc) is 3.16. The van der Waals surface area contributed by atoms with E-state index >= 15 is 0 Å². The first kappa shape index (κ1) is 15.5. The first-order chi connectivity index (χ1) is 11.2. The smallest absolute Gasteiger partial charge is 0.286 e. The van der Waals surface area contributed by atoms with Gasteiger partial charge in [-0.15, -0.1) is 0 Å². The van der Waals surface area contributed by atoms with Crippen LogP contribution in [0.15, 0.2) is 69.2 Å². The number of amides is 1. The Labute approximate surface area is 143 Å². The number of carbonyl (C=O) groups excluding carboxylic acids is 1. The van der Waals surface area contributed by atoms with Gasteiger partial charge in [-0.3, -0.25) is 4.79 Å². The molecule has 6 heteroatoms. The molecular formula is C17H12N2O2S2. The molecule has 114 valence electrons. The Hall–Kier alpha value is -2.44. The van der Waals surface area contributed by atoms with Gasteiger partial charge in [0, 0.05) is 12.3 Å². The summed E-state index contributed by atoms with van der Waals surface area (Å²) in [5.74, 6) is 0.360. The van der Waals surface area contributed by atoms with Crippen LogP contribution in [0.5, 0.6) is 0 Å². The molecule has 0 atom stereocenters. The lowest BCUT2D eigenvalue weighted by Gasteiger charge is -2.04. The molecule has 1 saturated heterocycles. The quantitative estimate of drug-likeness (QED) is 0.476. The number of rotatable bonds is 4. The number of furan rings is 1. The molecule has 1 amide bonds. The average molecular weight is 340 g/mol. The normalized spacial score (nSPS) is 17.2. The van der Waals surface area contributed by atoms with Crippen molar-refractivity contribution in [2.24, 2.45) is 5.10 Å². The van der Waals surface area contributed by atoms with Gasteiger partial charge < -0.3 is 4.42 Å². The van der Waals surface area contributed by atoms with Crippen molar-refractivity contribution in [2.45, 2.75) is 0 Å². The summed E-state index contributed by atoms with van der Waals surface area (Å²) in [7, 11) is 0. The second-order valence-corrected chi connectivity index (χ2v) is 6.22. The summed E-state index contributed by atoms with van der Waals surface area (Å²) in [5, 5.41) is 5.33. The lowest BCUT2D eigenvalue weighted by Crippen LogP contribution is -2.21. The molecule has 1 aliphatic heterocycles. The minimum atomic E-state index is -0.249. The second kappa shape index (κ2) is 7.21. The van der Waals surface area contributed by atoms with Crippen LogP contribution >= 0.6 is 24.0 Å². The Morgan fingerprint density at radius 1 is 1.17 bits per heavy atom. The standard InChI is InChI=1S/C17H12N2O2S2/c20-16-15(12-14-9-5-11-21-14)23-17(22)19(16)18-10-4-8-13-6-2-1-3-7-13/h1-12H/b8-4-,15-12+,18-10+. The summed E-state index contributed by atoms with van der Waals surface area (Å²) >= 11 is 6.40. The van der Waals surface area contributed by atoms with Gasteiger partial charge in [0.1, 0.15) is 5.76 Å². The number of hydrazone groups is 1. The van der Waals surface area contributed by atoms with Crippen LogP contribution in [0.2, 0.25) is 0 Å². The van der Waals surface area contributed by atoms with Crippen LogP contribution in [0.4, 0.5) is 0 Å². The van der Waals surface area contributed by atoms with E-state index in [9.17, 15) is 4.79 Å². The van der Waals surface area contributed by atoms with Crippen LogP contribution in [0.25, 0.3) is 12.2 Å². The number of benzene rings is 1. The fourth-order valence-corrected chi connectivity index (χ4v) is 3.04. The van der Waals surface area contributed by atoms with Crippen LogP contribution in [-0.2, 0) is 4.79 Å². The number of hydrogen-bond donors (Lipinski definition) is 0. The van der Waals surface area contributed by atoms with Gasteiger partial charge >= 0.3 is 0 Å². The van der Waals surface area contributed by atoms with Crippen molar-refractivity contribution in [3.63, 3.8) is 0 Å². The molecule has 1 fully saturated rings. The Morgan fingerprint density at radius 2 is 2.00 bits per heavy atom. The van der Waals surface area contributed by atoms with Gasteiger partial charge in [0.15, 0.2) is 4.32 Å². The zero-order valence-corrected chi connectivity index (χ0v) is 13.6. The highest BCUT2D eigenvalue weighted by atomic mass is 32.2. The first-order valence-corrected chi connectivity index (χ1v) is 8.04. The van der Waals surface area contributed by atoms with Crippen LogP contribution in [0.1, 0.15) is 11.3 Å². The summed E-state index contributed by atoms with van der Waals surface area (Å²) in [6, 6.07) is 13.4. The fraction of sp³-hybridized carbons (Fsp3) is 0. The third kappa shape index (κ3) is 3.85. The van der Waals surface area contributed by atoms with Crippen LogP contribution in [0, 0.1) is 0 Å². The first-order valence-electron chi connectivity index (χ1n) is 6.81. The van der Waals surface area contributed by atoms with Crippen molar-refractivity contribution in [2.75, 3.05) is 0 Å². The number of thioether (sulfide) groups is 1. The van der Waals surface area contributed by atoms with Gasteiger partial charge in [-0.1, -0.05) is 48.2 Å². The van der Waals surface area contributed by atoms with E-state index in [-0.39, 0.29) is 5.91 Å². The molecule has 1 aliphatic rings. The second-order valence-electron chi connectivity index (χ2n) is 4.54. The number of thiocarbonyl (C=S) groups is 1. The zero-order chi connectivity index (χ0) is 16.1. The molecule has 0 saturated carbocycles. The molecule has 1 aromatic carbocycles. The third-order valence-corrected chi connectivity index (χ3v) is 4.23. The Morgan fingerprint density at radius 3 is 2.74 bits per heavy atom. The van der Waals surface area contributed by atoms with Gasteiger partial charge in [0.05, 0.1) is 11.2 Å². The zero-order valence-electron chi connectivity index (χ0n) is 12.0. The molecule has 2 aromatic rings. The maximum atomic E-state index is 12.3. The van der Waals surface area contributed by atoms with E-state index in [0.717, 1.165) is 5.56 Å². The molecule has 4 nitrogen and oxygen atoms in total. The maximum absolute atomic E-state index is 12.3. The highest BCUT2D eigenvalue weighted by molar-refractivity contribution is 8.26. The predicted octanol–water partition coefficient (Wildman–Crippen LogP) is 4.18. The molecule has 0 unspecified atom stereocenters. The highest BCUT2D eigenvalue weighted by Gasteiger charge is 2.32. The van der Waals surface area contributed by atoms with E-state index in [2.05, 4.69) is 5.10 Å². The molecule has 0 N–H and O–H groups in total. The number of hydrogen-bond acceptors (Lipinski definition) is 5. The van der Waals surface area contributed by atoms with E-state index in [1.807, 2.05) is 36.4 Å². The van der Waals surface area contributed by atoms with Gasteiger partial charge in [-0.25, -0.2) is 0 Å². The van der Waals surface area contributed by atoms with Crippen LogP contribution in [0.3, 0.4) is 0 Å². The van der Waals surface area contributed by atoms with Crippen LogP contribution < -0.4 is 0 Å². The van der Waals surface area contributed by atoms with Gasteiger partial charge in [-0.2, -0.15) is 10.1 Å². The Kier molecular flexibility index (Phi) is 4.85. The fourth-order valence-electron chi connectivity index (χ4n) is 1.89. The lowest BCUT2D eigenvalue weighted by molar-refractivity contribution is -0.122. The van der Waals surface area contributed by atoms with Crippen molar-refractivity contribution in [3.8, 4) is 0 Å². The topological polar surface area (TPSA) is 45.8 Å². The monoisotopic (exact) mass is 340 g/mol. The van der Waals surface area contributed by atoms with E-state index in [1.54, 1.807) is 36.8 Å². The molecule has 0 aliphatic carbocycles. The van der Waals surface area contributed by atoms with E-state index in [0.29, 0.717) is 15.0 Å². The predicted molar refractivity (Wildman–Crippen MR) is 97.7 cm³/mol. The molecule has 23 heavy (non-hydrogen) atoms. The van der Waals surface area contributed by atoms with Crippen molar-refractivity contribution >= 4 is 52.6 Å². The maximum Gasteiger partial charge on any atom is 0.286 e. The number of carbonyl (C=O) groups is 1. The van der Waals surface area contributed by atoms with E-state index in [1.165, 1.54) is 16.8 Å². The molecule has 3 rings (SSSR count). The molecule has 2 heterocycles. The lowest BCUT2D eigenvalue weighted by atomic mass is 10.2. The summed E-state index contributed by atoms with van der Waals surface area (Å²) < 4.78 is 5.61. The molecule has 0 bridgehead atoms. The molecule has 0 radical (unpaired) electrons. The summed E-state index contributed by atoms with van der Waals surface area (Å²) in [6.45, 7) is 0. The van der Waals surface area contributed by atoms with Crippen molar-refractivity contribution < 1.29 is 9.21 Å². The summed E-state index contributed by atoms with van der Waals surface area (Å²) in [5.41, 5.74) is 1.06. The summed E-state index contributed by atoms with van der Waals surface area (Å²) in [4.78, 5) is 12.8. The van der Waals surface area contributed by atoms with Crippen molar-refractivity contribution in [1.82, 2.24) is 5.01 Å². The minimum Gasteiger partial charge on any atom is -0.465 e. The molecule has 0 spiro atoms. The molecule has 1 aromatic heterocycles. The Bertz CT molecular complexity index is 793. The van der Waals surface area contributed by atoms with Gasteiger partial charge in [-0.05, 0) is 36.0 Å². The Balaban J connectivity index is 1.68. The van der Waals surface area contributed by atoms with Gasteiger partial charge in [0.25, 0.3) is 5.91 Å². The van der Waals surface area contributed by atoms with E-state index in [4.69, 9.17) is 16.6 Å². The SMILES string of the molecule is O=C1/C(=C\c2ccco2)SC(=S)N1/N=C/C=C\c1ccccc1.